The third kappa shape index (κ3) is 4.59. The molecule has 0 saturated carbocycles. The molecule has 148 valence electrons. The van der Waals surface area contributed by atoms with Crippen LogP contribution in [0.3, 0.4) is 0 Å². The molecule has 2 heterocycles. The minimum atomic E-state index is -0.519. The second-order valence-corrected chi connectivity index (χ2v) is 7.23. The van der Waals surface area contributed by atoms with E-state index in [1.54, 1.807) is 11.0 Å². The van der Waals surface area contributed by atoms with Crippen LogP contribution in [0.5, 0.6) is 5.75 Å². The van der Waals surface area contributed by atoms with Crippen molar-refractivity contribution in [3.8, 4) is 5.75 Å². The maximum Gasteiger partial charge on any atom is 0.242 e. The molecule has 2 fully saturated rings. The van der Waals surface area contributed by atoms with Gasteiger partial charge >= 0.3 is 0 Å². The minimum absolute atomic E-state index is 0.0114. The van der Waals surface area contributed by atoms with Crippen LogP contribution < -0.4 is 9.64 Å². The van der Waals surface area contributed by atoms with Crippen molar-refractivity contribution in [2.24, 2.45) is 0 Å². The summed E-state index contributed by atoms with van der Waals surface area (Å²) < 4.78 is 17.2. The summed E-state index contributed by atoms with van der Waals surface area (Å²) in [4.78, 5) is 28.4. The van der Waals surface area contributed by atoms with E-state index in [-0.39, 0.29) is 24.5 Å². The van der Waals surface area contributed by atoms with Crippen molar-refractivity contribution < 1.29 is 23.8 Å². The van der Waals surface area contributed by atoms with Crippen molar-refractivity contribution in [1.29, 1.82) is 0 Å². The van der Waals surface area contributed by atoms with Crippen LogP contribution >= 0.6 is 0 Å². The van der Waals surface area contributed by atoms with E-state index in [1.165, 1.54) is 11.8 Å². The first-order chi connectivity index (χ1) is 12.9. The van der Waals surface area contributed by atoms with Gasteiger partial charge in [-0.05, 0) is 26.0 Å². The molecule has 0 atom stereocenters. The smallest absolute Gasteiger partial charge is 0.242 e. The first-order valence-corrected chi connectivity index (χ1v) is 9.50. The molecule has 27 heavy (non-hydrogen) atoms. The molecule has 0 radical (unpaired) electrons. The molecular weight excluding hydrogens is 348 g/mol. The number of piperidine rings is 1. The lowest BCUT2D eigenvalue weighted by Crippen LogP contribution is -2.50. The molecular formula is C20H28N2O5. The topological polar surface area (TPSA) is 68.3 Å². The fourth-order valence-electron chi connectivity index (χ4n) is 3.52. The zero-order chi connectivity index (χ0) is 19.4. The average molecular weight is 376 g/mol. The highest BCUT2D eigenvalue weighted by molar-refractivity contribution is 5.98. The van der Waals surface area contributed by atoms with Crippen molar-refractivity contribution in [3.63, 3.8) is 0 Å². The lowest BCUT2D eigenvalue weighted by atomic mass is 10.0. The fraction of sp³-hybridized carbons (Fsp3) is 0.600. The van der Waals surface area contributed by atoms with Crippen molar-refractivity contribution >= 4 is 17.5 Å². The highest BCUT2D eigenvalue weighted by Gasteiger charge is 2.41. The maximum atomic E-state index is 12.8. The van der Waals surface area contributed by atoms with Crippen LogP contribution in [-0.4, -0.2) is 61.5 Å². The second-order valence-electron chi connectivity index (χ2n) is 7.23. The van der Waals surface area contributed by atoms with Crippen LogP contribution in [0.2, 0.25) is 0 Å². The van der Waals surface area contributed by atoms with Crippen molar-refractivity contribution in [2.45, 2.75) is 45.5 Å². The van der Waals surface area contributed by atoms with Gasteiger partial charge in [-0.2, -0.15) is 0 Å². The van der Waals surface area contributed by atoms with Gasteiger partial charge in [-0.25, -0.2) is 0 Å². The van der Waals surface area contributed by atoms with E-state index < -0.39 is 5.79 Å². The van der Waals surface area contributed by atoms with Gasteiger partial charge in [0, 0.05) is 32.9 Å². The maximum absolute atomic E-state index is 12.8. The first kappa shape index (κ1) is 19.6. The van der Waals surface area contributed by atoms with Gasteiger partial charge in [-0.3, -0.25) is 14.5 Å². The monoisotopic (exact) mass is 376 g/mol. The van der Waals surface area contributed by atoms with Crippen LogP contribution in [0, 0.1) is 0 Å². The summed E-state index contributed by atoms with van der Waals surface area (Å²) in [5.41, 5.74) is 0.614. The highest BCUT2D eigenvalue weighted by atomic mass is 16.7. The largest absolute Gasteiger partial charge is 0.489 e. The van der Waals surface area contributed by atoms with Crippen LogP contribution in [0.1, 0.15) is 33.6 Å². The summed E-state index contributed by atoms with van der Waals surface area (Å²) >= 11 is 0. The molecule has 7 nitrogen and oxygen atoms in total. The predicted molar refractivity (Wildman–Crippen MR) is 101 cm³/mol. The summed E-state index contributed by atoms with van der Waals surface area (Å²) in [6, 6.07) is 7.31. The minimum Gasteiger partial charge on any atom is -0.489 e. The lowest BCUT2D eigenvalue weighted by Gasteiger charge is -2.38. The fourth-order valence-corrected chi connectivity index (χ4v) is 3.52. The number of nitrogens with zero attached hydrogens (tertiary/aromatic N) is 2. The Balaban J connectivity index is 1.68. The van der Waals surface area contributed by atoms with Gasteiger partial charge in [0.05, 0.1) is 25.0 Å². The number of carbonyl (C=O) groups is 2. The van der Waals surface area contributed by atoms with Gasteiger partial charge < -0.3 is 19.1 Å². The van der Waals surface area contributed by atoms with Gasteiger partial charge in [0.15, 0.2) is 5.79 Å². The van der Waals surface area contributed by atoms with Gasteiger partial charge in [0.2, 0.25) is 11.8 Å². The molecule has 0 N–H and O–H groups in total. The van der Waals surface area contributed by atoms with Gasteiger partial charge in [-0.1, -0.05) is 12.1 Å². The summed E-state index contributed by atoms with van der Waals surface area (Å²) in [6.07, 6.45) is 1.29. The van der Waals surface area contributed by atoms with Crippen LogP contribution in [0.4, 0.5) is 5.69 Å². The Hall–Kier alpha value is -2.12. The molecule has 7 heteroatoms. The number of benzene rings is 1. The van der Waals surface area contributed by atoms with Gasteiger partial charge in [-0.15, -0.1) is 0 Å². The Kier molecular flexibility index (Phi) is 6.01. The van der Waals surface area contributed by atoms with E-state index in [0.717, 1.165) is 0 Å². The van der Waals surface area contributed by atoms with E-state index >= 15 is 0 Å². The van der Waals surface area contributed by atoms with E-state index in [0.29, 0.717) is 50.6 Å². The standard InChI is InChI=1S/C20H28N2O5/c1-15(2)27-18-7-5-4-6-17(18)22(16(3)23)14-19(24)21-10-8-20(9-11-21)25-12-13-26-20/h4-7,15H,8-14H2,1-3H3. The van der Waals surface area contributed by atoms with E-state index in [1.807, 2.05) is 32.0 Å². The Labute approximate surface area is 160 Å². The average Bonchev–Trinajstić information content (AvgIpc) is 3.08. The number of amides is 2. The molecule has 2 saturated heterocycles. The third-order valence-electron chi connectivity index (χ3n) is 4.88. The van der Waals surface area contributed by atoms with Gasteiger partial charge in [0.25, 0.3) is 0 Å². The number of likely N-dealkylation sites (tertiary alicyclic amines) is 1. The molecule has 0 bridgehead atoms. The van der Waals surface area contributed by atoms with Crippen LogP contribution in [-0.2, 0) is 19.1 Å². The van der Waals surface area contributed by atoms with Crippen molar-refractivity contribution in [3.05, 3.63) is 24.3 Å². The molecule has 1 spiro atoms. The normalized spacial score (nSPS) is 18.7. The number of hydrogen-bond acceptors (Lipinski definition) is 5. The Morgan fingerprint density at radius 1 is 1.19 bits per heavy atom. The lowest BCUT2D eigenvalue weighted by molar-refractivity contribution is -0.187. The Morgan fingerprint density at radius 3 is 2.41 bits per heavy atom. The van der Waals surface area contributed by atoms with Gasteiger partial charge in [0.1, 0.15) is 12.3 Å². The first-order valence-electron chi connectivity index (χ1n) is 9.50. The van der Waals surface area contributed by atoms with Crippen molar-refractivity contribution in [1.82, 2.24) is 4.90 Å². The van der Waals surface area contributed by atoms with Crippen LogP contribution in [0.15, 0.2) is 24.3 Å². The quantitative estimate of drug-likeness (QED) is 0.788. The number of anilines is 1. The molecule has 0 unspecified atom stereocenters. The predicted octanol–water partition coefficient (Wildman–Crippen LogP) is 2.19. The number of rotatable bonds is 5. The van der Waals surface area contributed by atoms with E-state index in [4.69, 9.17) is 14.2 Å². The molecule has 1 aromatic rings. The molecule has 0 aromatic heterocycles. The molecule has 2 aliphatic heterocycles. The molecule has 1 aromatic carbocycles. The Morgan fingerprint density at radius 2 is 1.81 bits per heavy atom. The summed E-state index contributed by atoms with van der Waals surface area (Å²) in [6.45, 7) is 7.65. The zero-order valence-corrected chi connectivity index (χ0v) is 16.3. The van der Waals surface area contributed by atoms with Crippen LogP contribution in [0.25, 0.3) is 0 Å². The number of para-hydroxylation sites is 2. The Bertz CT molecular complexity index is 675. The van der Waals surface area contributed by atoms with E-state index in [2.05, 4.69) is 0 Å². The highest BCUT2D eigenvalue weighted by Crippen LogP contribution is 2.32. The summed E-state index contributed by atoms with van der Waals surface area (Å²) in [5, 5.41) is 0. The zero-order valence-electron chi connectivity index (χ0n) is 16.3. The number of carbonyl (C=O) groups excluding carboxylic acids is 2. The summed E-state index contributed by atoms with van der Waals surface area (Å²) in [5.74, 6) is -0.202. The SMILES string of the molecule is CC(=O)N(CC(=O)N1CCC2(CC1)OCCO2)c1ccccc1OC(C)C. The molecule has 0 aliphatic carbocycles. The second kappa shape index (κ2) is 8.27. The molecule has 2 amide bonds. The third-order valence-corrected chi connectivity index (χ3v) is 4.88. The molecule has 2 aliphatic rings. The number of ether oxygens (including phenoxy) is 3. The summed E-state index contributed by atoms with van der Waals surface area (Å²) in [7, 11) is 0. The molecule has 3 rings (SSSR count). The number of hydrogen-bond donors (Lipinski definition) is 0. The van der Waals surface area contributed by atoms with Crippen molar-refractivity contribution in [2.75, 3.05) is 37.7 Å². The van der Waals surface area contributed by atoms with E-state index in [9.17, 15) is 9.59 Å².